The van der Waals surface area contributed by atoms with Crippen molar-refractivity contribution in [2.45, 2.75) is 24.8 Å². The molecule has 3 aromatic rings. The van der Waals surface area contributed by atoms with Crippen LogP contribution in [0.25, 0.3) is 22.4 Å². The zero-order valence-electron chi connectivity index (χ0n) is 14.6. The van der Waals surface area contributed by atoms with Gasteiger partial charge in [-0.3, -0.25) is 5.32 Å². The lowest BCUT2D eigenvalue weighted by atomic mass is 10.2. The number of anilines is 1. The number of rotatable bonds is 4. The first kappa shape index (κ1) is 17.9. The number of H-pyrrole nitrogens is 1. The fourth-order valence-electron chi connectivity index (χ4n) is 2.45. The zero-order chi connectivity index (χ0) is 18.9. The van der Waals surface area contributed by atoms with E-state index >= 15 is 0 Å². The maximum atomic E-state index is 11.7. The van der Waals surface area contributed by atoms with Gasteiger partial charge < -0.3 is 9.72 Å². The molecule has 1 heterocycles. The SMILES string of the molecule is CC(C)OC(=O)Nc1ccc2nc(-c3ccc(S(C)(=O)=O)cc3)[nH]c2c1. The van der Waals surface area contributed by atoms with Gasteiger partial charge in [-0.05, 0) is 56.3 Å². The molecule has 1 aromatic heterocycles. The van der Waals surface area contributed by atoms with Gasteiger partial charge in [-0.1, -0.05) is 0 Å². The second-order valence-electron chi connectivity index (χ2n) is 6.19. The Morgan fingerprint density at radius 1 is 1.15 bits per heavy atom. The molecule has 0 fully saturated rings. The smallest absolute Gasteiger partial charge is 0.411 e. The van der Waals surface area contributed by atoms with Crippen LogP contribution in [-0.4, -0.2) is 36.8 Å². The fraction of sp³-hybridized carbons (Fsp3) is 0.222. The van der Waals surface area contributed by atoms with Gasteiger partial charge in [-0.15, -0.1) is 0 Å². The average molecular weight is 373 g/mol. The standard InChI is InChI=1S/C18H19N3O4S/c1-11(2)25-18(22)19-13-6-9-15-16(10-13)21-17(20-15)12-4-7-14(8-5-12)26(3,23)24/h4-11H,1-3H3,(H,19,22)(H,20,21). The van der Waals surface area contributed by atoms with Crippen molar-refractivity contribution in [2.75, 3.05) is 11.6 Å². The molecule has 2 aromatic carbocycles. The lowest BCUT2D eigenvalue weighted by molar-refractivity contribution is 0.130. The second-order valence-corrected chi connectivity index (χ2v) is 8.21. The Morgan fingerprint density at radius 2 is 1.85 bits per heavy atom. The number of imidazole rings is 1. The summed E-state index contributed by atoms with van der Waals surface area (Å²) in [6.07, 6.45) is 0.449. The molecule has 0 unspecified atom stereocenters. The summed E-state index contributed by atoms with van der Waals surface area (Å²) in [5.41, 5.74) is 2.83. The molecule has 0 aliphatic heterocycles. The Kier molecular flexibility index (Phi) is 4.69. The van der Waals surface area contributed by atoms with E-state index in [0.717, 1.165) is 16.6 Å². The van der Waals surface area contributed by atoms with E-state index in [1.165, 1.54) is 6.26 Å². The normalized spacial score (nSPS) is 11.7. The lowest BCUT2D eigenvalue weighted by Crippen LogP contribution is -2.17. The number of aromatic nitrogens is 2. The van der Waals surface area contributed by atoms with E-state index in [-0.39, 0.29) is 11.0 Å². The first-order valence-electron chi connectivity index (χ1n) is 8.00. The summed E-state index contributed by atoms with van der Waals surface area (Å²) >= 11 is 0. The minimum Gasteiger partial charge on any atom is -0.447 e. The third kappa shape index (κ3) is 4.02. The predicted molar refractivity (Wildman–Crippen MR) is 99.9 cm³/mol. The van der Waals surface area contributed by atoms with Crippen LogP contribution in [0.3, 0.4) is 0 Å². The summed E-state index contributed by atoms with van der Waals surface area (Å²) in [6.45, 7) is 3.55. The number of aromatic amines is 1. The average Bonchev–Trinajstić information content (AvgIpc) is 2.96. The highest BCUT2D eigenvalue weighted by Gasteiger charge is 2.11. The first-order chi connectivity index (χ1) is 12.2. The van der Waals surface area contributed by atoms with Gasteiger partial charge in [0.05, 0.1) is 22.0 Å². The highest BCUT2D eigenvalue weighted by molar-refractivity contribution is 7.90. The van der Waals surface area contributed by atoms with Crippen molar-refractivity contribution in [3.8, 4) is 11.4 Å². The Balaban J connectivity index is 1.86. The monoisotopic (exact) mass is 373 g/mol. The van der Waals surface area contributed by atoms with E-state index in [1.807, 2.05) is 0 Å². The van der Waals surface area contributed by atoms with Crippen LogP contribution < -0.4 is 5.32 Å². The number of carbonyl (C=O) groups is 1. The van der Waals surface area contributed by atoms with Gasteiger partial charge in [0.25, 0.3) is 0 Å². The number of nitrogens with one attached hydrogen (secondary N) is 2. The van der Waals surface area contributed by atoms with Crippen LogP contribution in [0.2, 0.25) is 0 Å². The molecular weight excluding hydrogens is 354 g/mol. The molecule has 0 aliphatic rings. The summed E-state index contributed by atoms with van der Waals surface area (Å²) in [4.78, 5) is 19.6. The van der Waals surface area contributed by atoms with Crippen molar-refractivity contribution in [1.82, 2.24) is 9.97 Å². The molecule has 3 rings (SSSR count). The van der Waals surface area contributed by atoms with E-state index in [9.17, 15) is 13.2 Å². The number of carbonyl (C=O) groups excluding carboxylic acids is 1. The maximum absolute atomic E-state index is 11.7. The van der Waals surface area contributed by atoms with E-state index in [1.54, 1.807) is 56.3 Å². The van der Waals surface area contributed by atoms with Crippen molar-refractivity contribution >= 4 is 32.7 Å². The van der Waals surface area contributed by atoms with Crippen LogP contribution in [-0.2, 0) is 14.6 Å². The molecule has 1 amide bonds. The van der Waals surface area contributed by atoms with Gasteiger partial charge in [0.2, 0.25) is 0 Å². The minimum absolute atomic E-state index is 0.201. The topological polar surface area (TPSA) is 101 Å². The summed E-state index contributed by atoms with van der Waals surface area (Å²) in [7, 11) is -3.24. The van der Waals surface area contributed by atoms with Crippen LogP contribution >= 0.6 is 0 Å². The second kappa shape index (κ2) is 6.80. The van der Waals surface area contributed by atoms with E-state index < -0.39 is 15.9 Å². The van der Waals surface area contributed by atoms with Gasteiger partial charge >= 0.3 is 6.09 Å². The molecular formula is C18H19N3O4S. The Morgan fingerprint density at radius 3 is 2.46 bits per heavy atom. The molecule has 8 heteroatoms. The highest BCUT2D eigenvalue weighted by atomic mass is 32.2. The van der Waals surface area contributed by atoms with Gasteiger partial charge in [0.15, 0.2) is 9.84 Å². The van der Waals surface area contributed by atoms with E-state index in [4.69, 9.17) is 4.74 Å². The third-order valence-electron chi connectivity index (χ3n) is 3.63. The Labute approximate surface area is 151 Å². The number of sulfone groups is 1. The lowest BCUT2D eigenvalue weighted by Gasteiger charge is -2.09. The molecule has 0 aliphatic carbocycles. The molecule has 2 N–H and O–H groups in total. The number of fused-ring (bicyclic) bond motifs is 1. The number of ether oxygens (including phenoxy) is 1. The summed E-state index contributed by atoms with van der Waals surface area (Å²) < 4.78 is 28.1. The maximum Gasteiger partial charge on any atom is 0.411 e. The van der Waals surface area contributed by atoms with Gasteiger partial charge in [-0.25, -0.2) is 18.2 Å². The quantitative estimate of drug-likeness (QED) is 0.728. The summed E-state index contributed by atoms with van der Waals surface area (Å²) in [6, 6.07) is 11.8. The van der Waals surface area contributed by atoms with Crippen LogP contribution in [0.4, 0.5) is 10.5 Å². The molecule has 0 atom stereocenters. The van der Waals surface area contributed by atoms with Crippen molar-refractivity contribution < 1.29 is 17.9 Å². The Bertz CT molecular complexity index is 1050. The minimum atomic E-state index is -3.24. The van der Waals surface area contributed by atoms with Crippen LogP contribution in [0.1, 0.15) is 13.8 Å². The molecule has 0 saturated heterocycles. The number of amides is 1. The molecule has 7 nitrogen and oxygen atoms in total. The van der Waals surface area contributed by atoms with Crippen molar-refractivity contribution in [3.05, 3.63) is 42.5 Å². The van der Waals surface area contributed by atoms with E-state index in [0.29, 0.717) is 11.5 Å². The van der Waals surface area contributed by atoms with Crippen LogP contribution in [0.15, 0.2) is 47.4 Å². The van der Waals surface area contributed by atoms with Crippen LogP contribution in [0, 0.1) is 0 Å². The van der Waals surface area contributed by atoms with E-state index in [2.05, 4.69) is 15.3 Å². The summed E-state index contributed by atoms with van der Waals surface area (Å²) in [5.74, 6) is 0.613. The van der Waals surface area contributed by atoms with Crippen molar-refractivity contribution in [3.63, 3.8) is 0 Å². The van der Waals surface area contributed by atoms with Gasteiger partial charge in [0.1, 0.15) is 5.82 Å². The van der Waals surface area contributed by atoms with Crippen molar-refractivity contribution in [2.24, 2.45) is 0 Å². The van der Waals surface area contributed by atoms with Crippen molar-refractivity contribution in [1.29, 1.82) is 0 Å². The molecule has 0 saturated carbocycles. The number of nitrogens with zero attached hydrogens (tertiary/aromatic N) is 1. The zero-order valence-corrected chi connectivity index (χ0v) is 15.4. The predicted octanol–water partition coefficient (Wildman–Crippen LogP) is 3.59. The first-order valence-corrected chi connectivity index (χ1v) is 9.89. The Hall–Kier alpha value is -2.87. The molecule has 0 spiro atoms. The number of benzene rings is 2. The number of hydrogen-bond acceptors (Lipinski definition) is 5. The van der Waals surface area contributed by atoms with Crippen LogP contribution in [0.5, 0.6) is 0 Å². The molecule has 26 heavy (non-hydrogen) atoms. The third-order valence-corrected chi connectivity index (χ3v) is 4.76. The number of hydrogen-bond donors (Lipinski definition) is 2. The molecule has 136 valence electrons. The molecule has 0 bridgehead atoms. The summed E-state index contributed by atoms with van der Waals surface area (Å²) in [5, 5.41) is 2.66. The van der Waals surface area contributed by atoms with Gasteiger partial charge in [0, 0.05) is 17.5 Å². The molecule has 0 radical (unpaired) electrons. The highest BCUT2D eigenvalue weighted by Crippen LogP contribution is 2.24. The largest absolute Gasteiger partial charge is 0.447 e. The van der Waals surface area contributed by atoms with Gasteiger partial charge in [-0.2, -0.15) is 0 Å². The fourth-order valence-corrected chi connectivity index (χ4v) is 3.08.